The number of barbiturate groups is 1. The van der Waals surface area contributed by atoms with E-state index in [4.69, 9.17) is 4.74 Å². The van der Waals surface area contributed by atoms with Crippen LogP contribution in [-0.2, 0) is 9.59 Å². The quantitative estimate of drug-likeness (QED) is 0.687. The molecule has 1 aromatic carbocycles. The van der Waals surface area contributed by atoms with Crippen LogP contribution in [0.5, 0.6) is 5.75 Å². The second kappa shape index (κ2) is 6.33. The van der Waals surface area contributed by atoms with Crippen molar-refractivity contribution >= 4 is 29.6 Å². The Balaban J connectivity index is 1.97. The van der Waals surface area contributed by atoms with Crippen LogP contribution in [0, 0.1) is 0 Å². The van der Waals surface area contributed by atoms with Crippen molar-refractivity contribution in [3.8, 4) is 5.75 Å². The molecule has 2 aromatic rings. The third-order valence-corrected chi connectivity index (χ3v) is 3.43. The van der Waals surface area contributed by atoms with Crippen LogP contribution in [0.2, 0.25) is 0 Å². The highest BCUT2D eigenvalue weighted by Crippen LogP contribution is 2.21. The molecular weight excluding hydrogens is 310 g/mol. The molecule has 0 atom stereocenters. The second-order valence-electron chi connectivity index (χ2n) is 4.94. The van der Waals surface area contributed by atoms with Crippen molar-refractivity contribution in [2.24, 2.45) is 0 Å². The van der Waals surface area contributed by atoms with E-state index in [0.717, 1.165) is 4.90 Å². The lowest BCUT2D eigenvalue weighted by Gasteiger charge is -2.26. The molecule has 1 saturated heterocycles. The Labute approximate surface area is 137 Å². The van der Waals surface area contributed by atoms with E-state index in [9.17, 15) is 14.4 Å². The number of nitrogens with one attached hydrogen (secondary N) is 1. The molecule has 24 heavy (non-hydrogen) atoms. The Hall–Kier alpha value is -3.48. The Bertz CT molecular complexity index is 829. The molecule has 7 nitrogen and oxygen atoms in total. The van der Waals surface area contributed by atoms with E-state index in [0.29, 0.717) is 11.3 Å². The Kier molecular flexibility index (Phi) is 4.07. The van der Waals surface area contributed by atoms with Crippen LogP contribution in [-0.4, -0.2) is 29.9 Å². The first-order chi connectivity index (χ1) is 11.6. The molecule has 3 rings (SSSR count). The number of benzene rings is 1. The predicted octanol–water partition coefficient (Wildman–Crippen LogP) is 1.76. The first-order valence-electron chi connectivity index (χ1n) is 7.05. The molecular formula is C17H13N3O4. The summed E-state index contributed by atoms with van der Waals surface area (Å²) in [5.41, 5.74) is 0.784. The number of imide groups is 2. The van der Waals surface area contributed by atoms with Crippen molar-refractivity contribution in [3.05, 3.63) is 59.9 Å². The zero-order valence-electron chi connectivity index (χ0n) is 12.7. The number of carbonyl (C=O) groups is 3. The number of hydrogen-bond donors (Lipinski definition) is 1. The zero-order chi connectivity index (χ0) is 17.1. The number of hydrogen-bond acceptors (Lipinski definition) is 5. The van der Waals surface area contributed by atoms with Crippen molar-refractivity contribution in [3.63, 3.8) is 0 Å². The van der Waals surface area contributed by atoms with Gasteiger partial charge in [0.25, 0.3) is 11.8 Å². The molecule has 1 aromatic heterocycles. The fourth-order valence-corrected chi connectivity index (χ4v) is 2.24. The van der Waals surface area contributed by atoms with Gasteiger partial charge in [0, 0.05) is 6.20 Å². The third-order valence-electron chi connectivity index (χ3n) is 3.43. The summed E-state index contributed by atoms with van der Waals surface area (Å²) in [5, 5.41) is 2.16. The van der Waals surface area contributed by atoms with Crippen molar-refractivity contribution in [2.45, 2.75) is 0 Å². The summed E-state index contributed by atoms with van der Waals surface area (Å²) in [6.45, 7) is 0. The summed E-state index contributed by atoms with van der Waals surface area (Å²) in [5.74, 6) is -0.780. The molecule has 1 aliphatic heterocycles. The number of anilines is 1. The first-order valence-corrected chi connectivity index (χ1v) is 7.05. The maximum Gasteiger partial charge on any atom is 0.336 e. The third kappa shape index (κ3) is 2.87. The molecule has 0 saturated carbocycles. The van der Waals surface area contributed by atoms with E-state index in [1.165, 1.54) is 18.5 Å². The summed E-state index contributed by atoms with van der Waals surface area (Å²) >= 11 is 0. The summed E-state index contributed by atoms with van der Waals surface area (Å²) in [6, 6.07) is 9.19. The van der Waals surface area contributed by atoms with Gasteiger partial charge in [-0.3, -0.25) is 19.9 Å². The molecule has 0 aliphatic carbocycles. The molecule has 1 fully saturated rings. The van der Waals surface area contributed by atoms with Crippen LogP contribution < -0.4 is 15.0 Å². The van der Waals surface area contributed by atoms with E-state index in [2.05, 4.69) is 10.3 Å². The van der Waals surface area contributed by atoms with E-state index in [-0.39, 0.29) is 11.3 Å². The van der Waals surface area contributed by atoms with Crippen molar-refractivity contribution in [2.75, 3.05) is 12.0 Å². The summed E-state index contributed by atoms with van der Waals surface area (Å²) in [4.78, 5) is 41.4. The van der Waals surface area contributed by atoms with E-state index in [1.54, 1.807) is 43.5 Å². The number of ether oxygens (including phenoxy) is 1. The molecule has 1 N–H and O–H groups in total. The maximum absolute atomic E-state index is 12.6. The molecule has 0 radical (unpaired) electrons. The van der Waals surface area contributed by atoms with E-state index in [1.807, 2.05) is 0 Å². The van der Waals surface area contributed by atoms with Crippen LogP contribution in [0.1, 0.15) is 5.56 Å². The van der Waals surface area contributed by atoms with Gasteiger partial charge in [0.05, 0.1) is 19.0 Å². The van der Waals surface area contributed by atoms with Crippen molar-refractivity contribution < 1.29 is 19.1 Å². The number of amides is 4. The van der Waals surface area contributed by atoms with E-state index < -0.39 is 17.8 Å². The normalized spacial score (nSPS) is 16.3. The minimum atomic E-state index is -0.801. The molecule has 1 aliphatic rings. The lowest BCUT2D eigenvalue weighted by Crippen LogP contribution is -2.54. The highest BCUT2D eigenvalue weighted by molar-refractivity contribution is 6.39. The minimum absolute atomic E-state index is 0.136. The van der Waals surface area contributed by atoms with Crippen molar-refractivity contribution in [1.82, 2.24) is 10.3 Å². The van der Waals surface area contributed by atoms with Crippen LogP contribution in [0.4, 0.5) is 10.5 Å². The van der Waals surface area contributed by atoms with Gasteiger partial charge in [-0.25, -0.2) is 9.69 Å². The Morgan fingerprint density at radius 1 is 1.12 bits per heavy atom. The average Bonchev–Trinajstić information content (AvgIpc) is 2.60. The fraction of sp³-hybridized carbons (Fsp3) is 0.0588. The van der Waals surface area contributed by atoms with Gasteiger partial charge in [-0.1, -0.05) is 12.1 Å². The summed E-state index contributed by atoms with van der Waals surface area (Å²) in [6.07, 6.45) is 4.32. The lowest BCUT2D eigenvalue weighted by molar-refractivity contribution is -0.122. The molecule has 7 heteroatoms. The molecule has 0 spiro atoms. The topological polar surface area (TPSA) is 88.6 Å². The number of urea groups is 1. The molecule has 2 heterocycles. The SMILES string of the molecule is COc1ccc(/C=C2\C(=O)NC(=O)N(c3cccnc3)C2=O)cc1. The van der Waals surface area contributed by atoms with Gasteiger partial charge < -0.3 is 4.74 Å². The maximum atomic E-state index is 12.6. The number of rotatable bonds is 3. The number of methoxy groups -OCH3 is 1. The van der Waals surface area contributed by atoms with Crippen LogP contribution >= 0.6 is 0 Å². The summed E-state index contributed by atoms with van der Waals surface area (Å²) < 4.78 is 5.06. The van der Waals surface area contributed by atoms with Gasteiger partial charge in [0.15, 0.2) is 0 Å². The summed E-state index contributed by atoms with van der Waals surface area (Å²) in [7, 11) is 1.54. The number of aromatic nitrogens is 1. The average molecular weight is 323 g/mol. The molecule has 0 bridgehead atoms. The molecule has 4 amide bonds. The van der Waals surface area contributed by atoms with Gasteiger partial charge >= 0.3 is 6.03 Å². The predicted molar refractivity (Wildman–Crippen MR) is 86.2 cm³/mol. The second-order valence-corrected chi connectivity index (χ2v) is 4.94. The monoisotopic (exact) mass is 323 g/mol. The highest BCUT2D eigenvalue weighted by atomic mass is 16.5. The fourth-order valence-electron chi connectivity index (χ4n) is 2.24. The highest BCUT2D eigenvalue weighted by Gasteiger charge is 2.36. The number of pyridine rings is 1. The van der Waals surface area contributed by atoms with E-state index >= 15 is 0 Å². The molecule has 120 valence electrons. The Morgan fingerprint density at radius 3 is 2.50 bits per heavy atom. The van der Waals surface area contributed by atoms with Crippen LogP contribution in [0.3, 0.4) is 0 Å². The van der Waals surface area contributed by atoms with Gasteiger partial charge in [0.1, 0.15) is 11.3 Å². The van der Waals surface area contributed by atoms with Gasteiger partial charge in [-0.2, -0.15) is 0 Å². The minimum Gasteiger partial charge on any atom is -0.497 e. The molecule has 0 unspecified atom stereocenters. The Morgan fingerprint density at radius 2 is 1.88 bits per heavy atom. The zero-order valence-corrected chi connectivity index (χ0v) is 12.7. The standard InChI is InChI=1S/C17H13N3O4/c1-24-13-6-4-11(5-7-13)9-14-15(21)19-17(23)20(16(14)22)12-3-2-8-18-10-12/h2-10H,1H3,(H,19,21,23)/b14-9+. The number of carbonyl (C=O) groups excluding carboxylic acids is 3. The van der Waals surface area contributed by atoms with Crippen molar-refractivity contribution in [1.29, 1.82) is 0 Å². The van der Waals surface area contributed by atoms with Crippen LogP contribution in [0.15, 0.2) is 54.4 Å². The smallest absolute Gasteiger partial charge is 0.336 e. The lowest BCUT2D eigenvalue weighted by atomic mass is 10.1. The first kappa shape index (κ1) is 15.4. The van der Waals surface area contributed by atoms with Crippen LogP contribution in [0.25, 0.3) is 6.08 Å². The van der Waals surface area contributed by atoms with Gasteiger partial charge in [0.2, 0.25) is 0 Å². The largest absolute Gasteiger partial charge is 0.497 e. The van der Waals surface area contributed by atoms with Gasteiger partial charge in [-0.05, 0) is 35.9 Å². The number of nitrogens with zero attached hydrogens (tertiary/aromatic N) is 2. The van der Waals surface area contributed by atoms with Gasteiger partial charge in [-0.15, -0.1) is 0 Å².